The zero-order valence-electron chi connectivity index (χ0n) is 8.54. The number of nitrogens with zero attached hydrogens (tertiary/aromatic N) is 1. The Bertz CT molecular complexity index is 294. The number of likely N-dealkylation sites (tertiary alicyclic amines) is 1. The lowest BCUT2D eigenvalue weighted by Gasteiger charge is -2.22. The normalized spacial score (nSPS) is 22.9. The zero-order valence-corrected chi connectivity index (χ0v) is 10.1. The van der Waals surface area contributed by atoms with Crippen LogP contribution in [0.5, 0.6) is 0 Å². The van der Waals surface area contributed by atoms with E-state index in [0.717, 1.165) is 0 Å². The summed E-state index contributed by atoms with van der Waals surface area (Å²) < 4.78 is 1.17. The van der Waals surface area contributed by atoms with E-state index in [1.54, 1.807) is 0 Å². The van der Waals surface area contributed by atoms with E-state index in [1.165, 1.54) is 36.0 Å². The highest BCUT2D eigenvalue weighted by Crippen LogP contribution is 2.31. The average Bonchev–Trinajstić information content (AvgIpc) is 2.67. The van der Waals surface area contributed by atoms with E-state index >= 15 is 0 Å². The molecule has 1 saturated heterocycles. The fourth-order valence-corrected chi connectivity index (χ4v) is 2.53. The summed E-state index contributed by atoms with van der Waals surface area (Å²) in [4.78, 5) is 2.56. The van der Waals surface area contributed by atoms with Crippen molar-refractivity contribution in [1.82, 2.24) is 4.90 Å². The molecule has 1 aliphatic rings. The third kappa shape index (κ3) is 2.01. The summed E-state index contributed by atoms with van der Waals surface area (Å²) in [6, 6.07) is 9.42. The van der Waals surface area contributed by atoms with Gasteiger partial charge in [-0.15, -0.1) is 0 Å². The Kier molecular flexibility index (Phi) is 3.24. The van der Waals surface area contributed by atoms with Crippen LogP contribution in [0.3, 0.4) is 0 Å². The lowest BCUT2D eigenvalue weighted by Crippen LogP contribution is -2.22. The molecule has 0 aromatic heterocycles. The second-order valence-electron chi connectivity index (χ2n) is 3.84. The van der Waals surface area contributed by atoms with Crippen molar-refractivity contribution in [2.24, 2.45) is 0 Å². The van der Waals surface area contributed by atoms with Crippen molar-refractivity contribution < 1.29 is 0 Å². The van der Waals surface area contributed by atoms with Crippen LogP contribution in [0.25, 0.3) is 0 Å². The van der Waals surface area contributed by atoms with Crippen molar-refractivity contribution in [3.05, 3.63) is 34.3 Å². The molecule has 2 heteroatoms. The van der Waals surface area contributed by atoms with Crippen molar-refractivity contribution in [3.63, 3.8) is 0 Å². The van der Waals surface area contributed by atoms with E-state index in [1.807, 2.05) is 0 Å². The molecule has 0 aliphatic carbocycles. The van der Waals surface area contributed by atoms with E-state index in [4.69, 9.17) is 0 Å². The van der Waals surface area contributed by atoms with Crippen molar-refractivity contribution in [1.29, 1.82) is 0 Å². The highest BCUT2D eigenvalue weighted by molar-refractivity contribution is 9.10. The molecular weight excluding hydrogens is 238 g/mol. The van der Waals surface area contributed by atoms with Gasteiger partial charge in [0.1, 0.15) is 0 Å². The standard InChI is InChI=1S/C12H16BrN/c1-2-14-9-3-4-12(14)10-5-7-11(13)8-6-10/h5-8,12H,2-4,9H2,1H3/t12-/m0/s1. The minimum absolute atomic E-state index is 0.660. The minimum Gasteiger partial charge on any atom is -0.297 e. The van der Waals surface area contributed by atoms with Crippen molar-refractivity contribution in [2.75, 3.05) is 13.1 Å². The van der Waals surface area contributed by atoms with Gasteiger partial charge in [0.2, 0.25) is 0 Å². The van der Waals surface area contributed by atoms with Gasteiger partial charge in [-0.25, -0.2) is 0 Å². The van der Waals surface area contributed by atoms with Crippen LogP contribution in [0, 0.1) is 0 Å². The molecule has 0 saturated carbocycles. The topological polar surface area (TPSA) is 3.24 Å². The maximum absolute atomic E-state index is 3.47. The Morgan fingerprint density at radius 3 is 2.71 bits per heavy atom. The molecular formula is C12H16BrN. The Labute approximate surface area is 94.2 Å². The first-order chi connectivity index (χ1) is 6.81. The molecule has 14 heavy (non-hydrogen) atoms. The van der Waals surface area contributed by atoms with E-state index in [-0.39, 0.29) is 0 Å². The van der Waals surface area contributed by atoms with Crippen LogP contribution in [-0.4, -0.2) is 18.0 Å². The van der Waals surface area contributed by atoms with Crippen LogP contribution >= 0.6 is 15.9 Å². The van der Waals surface area contributed by atoms with Gasteiger partial charge in [-0.2, -0.15) is 0 Å². The van der Waals surface area contributed by atoms with Gasteiger partial charge >= 0.3 is 0 Å². The highest BCUT2D eigenvalue weighted by atomic mass is 79.9. The molecule has 1 aliphatic heterocycles. The van der Waals surface area contributed by atoms with E-state index in [0.29, 0.717) is 6.04 Å². The third-order valence-electron chi connectivity index (χ3n) is 3.02. The first kappa shape index (κ1) is 10.2. The lowest BCUT2D eigenvalue weighted by molar-refractivity contribution is 0.271. The average molecular weight is 254 g/mol. The first-order valence-electron chi connectivity index (χ1n) is 5.31. The molecule has 0 unspecified atom stereocenters. The molecule has 0 N–H and O–H groups in total. The van der Waals surface area contributed by atoms with Gasteiger partial charge in [0.15, 0.2) is 0 Å². The third-order valence-corrected chi connectivity index (χ3v) is 3.55. The number of hydrogen-bond donors (Lipinski definition) is 0. The predicted octanol–water partition coefficient (Wildman–Crippen LogP) is 3.61. The highest BCUT2D eigenvalue weighted by Gasteiger charge is 2.23. The summed E-state index contributed by atoms with van der Waals surface area (Å²) >= 11 is 3.47. The Morgan fingerprint density at radius 2 is 2.07 bits per heavy atom. The molecule has 1 fully saturated rings. The van der Waals surface area contributed by atoms with Crippen molar-refractivity contribution >= 4 is 15.9 Å². The van der Waals surface area contributed by atoms with Crippen LogP contribution in [0.4, 0.5) is 0 Å². The van der Waals surface area contributed by atoms with Crippen LogP contribution < -0.4 is 0 Å². The van der Waals surface area contributed by atoms with E-state index in [2.05, 4.69) is 52.0 Å². The zero-order chi connectivity index (χ0) is 9.97. The quantitative estimate of drug-likeness (QED) is 0.779. The Balaban J connectivity index is 2.17. The van der Waals surface area contributed by atoms with Gasteiger partial charge in [-0.05, 0) is 43.6 Å². The summed E-state index contributed by atoms with van der Waals surface area (Å²) in [6.45, 7) is 4.68. The first-order valence-corrected chi connectivity index (χ1v) is 6.10. The Morgan fingerprint density at radius 1 is 1.36 bits per heavy atom. The fourth-order valence-electron chi connectivity index (χ4n) is 2.27. The molecule has 0 spiro atoms. The molecule has 1 aromatic rings. The summed E-state index contributed by atoms with van der Waals surface area (Å²) in [5, 5.41) is 0. The summed E-state index contributed by atoms with van der Waals surface area (Å²) in [5.74, 6) is 0. The van der Waals surface area contributed by atoms with E-state index < -0.39 is 0 Å². The van der Waals surface area contributed by atoms with Gasteiger partial charge in [0.05, 0.1) is 0 Å². The molecule has 1 nitrogen and oxygen atoms in total. The van der Waals surface area contributed by atoms with Crippen LogP contribution in [0.15, 0.2) is 28.7 Å². The SMILES string of the molecule is CCN1CCC[C@H]1c1ccc(Br)cc1. The van der Waals surface area contributed by atoms with Crippen LogP contribution in [0.1, 0.15) is 31.4 Å². The fraction of sp³-hybridized carbons (Fsp3) is 0.500. The van der Waals surface area contributed by atoms with Crippen molar-refractivity contribution in [2.45, 2.75) is 25.8 Å². The summed E-state index contributed by atoms with van der Waals surface area (Å²) in [7, 11) is 0. The van der Waals surface area contributed by atoms with Crippen LogP contribution in [-0.2, 0) is 0 Å². The molecule has 2 rings (SSSR count). The van der Waals surface area contributed by atoms with E-state index in [9.17, 15) is 0 Å². The van der Waals surface area contributed by atoms with Gasteiger partial charge in [0.25, 0.3) is 0 Å². The molecule has 76 valence electrons. The van der Waals surface area contributed by atoms with Gasteiger partial charge < -0.3 is 0 Å². The molecule has 1 heterocycles. The van der Waals surface area contributed by atoms with Crippen LogP contribution in [0.2, 0.25) is 0 Å². The number of rotatable bonds is 2. The van der Waals surface area contributed by atoms with Gasteiger partial charge in [-0.1, -0.05) is 35.0 Å². The molecule has 0 radical (unpaired) electrons. The predicted molar refractivity (Wildman–Crippen MR) is 63.4 cm³/mol. The molecule has 0 bridgehead atoms. The molecule has 1 aromatic carbocycles. The number of halogens is 1. The minimum atomic E-state index is 0.660. The number of benzene rings is 1. The van der Waals surface area contributed by atoms with Gasteiger partial charge in [0, 0.05) is 10.5 Å². The van der Waals surface area contributed by atoms with Crippen molar-refractivity contribution in [3.8, 4) is 0 Å². The van der Waals surface area contributed by atoms with Gasteiger partial charge in [-0.3, -0.25) is 4.90 Å². The number of hydrogen-bond acceptors (Lipinski definition) is 1. The maximum Gasteiger partial charge on any atom is 0.0348 e. The molecule has 1 atom stereocenters. The molecule has 0 amide bonds. The summed E-state index contributed by atoms with van der Waals surface area (Å²) in [5.41, 5.74) is 1.47. The lowest BCUT2D eigenvalue weighted by atomic mass is 10.1. The smallest absolute Gasteiger partial charge is 0.0348 e. The monoisotopic (exact) mass is 253 g/mol. The second-order valence-corrected chi connectivity index (χ2v) is 4.75. The Hall–Kier alpha value is -0.340. The second kappa shape index (κ2) is 4.45. The maximum atomic E-state index is 3.47. The summed E-state index contributed by atoms with van der Waals surface area (Å²) in [6.07, 6.45) is 2.66. The largest absolute Gasteiger partial charge is 0.297 e.